The van der Waals surface area contributed by atoms with Gasteiger partial charge in [-0.3, -0.25) is 9.59 Å². The van der Waals surface area contributed by atoms with E-state index in [9.17, 15) is 23.1 Å². The lowest BCUT2D eigenvalue weighted by Crippen LogP contribution is -2.58. The van der Waals surface area contributed by atoms with Gasteiger partial charge in [0.05, 0.1) is 33.0 Å². The van der Waals surface area contributed by atoms with Crippen molar-refractivity contribution in [1.82, 2.24) is 4.90 Å². The number of ether oxygens (including phenoxy) is 1. The molecule has 1 saturated heterocycles. The maximum Gasteiger partial charge on any atom is 0.306 e. The van der Waals surface area contributed by atoms with Gasteiger partial charge in [-0.15, -0.1) is 0 Å². The average molecular weight is 603 g/mol. The van der Waals surface area contributed by atoms with Crippen molar-refractivity contribution in [1.29, 1.82) is 0 Å². The van der Waals surface area contributed by atoms with Crippen LogP contribution in [0.1, 0.15) is 63.3 Å². The van der Waals surface area contributed by atoms with E-state index in [0.29, 0.717) is 21.2 Å². The topological polar surface area (TPSA) is 101 Å². The van der Waals surface area contributed by atoms with Crippen LogP contribution in [-0.4, -0.2) is 52.9 Å². The fraction of sp³-hybridized carbons (Fsp3) is 0.481. The minimum Gasteiger partial charge on any atom is -0.481 e. The third kappa shape index (κ3) is 6.15. The zero-order chi connectivity index (χ0) is 28.0. The Balaban J connectivity index is 1.90. The van der Waals surface area contributed by atoms with Gasteiger partial charge in [-0.25, -0.2) is 8.42 Å². The molecular weight excluding hydrogens is 573 g/mol. The van der Waals surface area contributed by atoms with Gasteiger partial charge in [0.15, 0.2) is 9.84 Å². The molecule has 206 valence electrons. The van der Waals surface area contributed by atoms with Crippen molar-refractivity contribution in [2.45, 2.75) is 69.1 Å². The average Bonchev–Trinajstić information content (AvgIpc) is 3.66. The molecule has 2 aromatic rings. The molecule has 0 bridgehead atoms. The first-order chi connectivity index (χ1) is 17.7. The van der Waals surface area contributed by atoms with Gasteiger partial charge in [-0.1, -0.05) is 53.0 Å². The van der Waals surface area contributed by atoms with Gasteiger partial charge in [0.25, 0.3) is 5.91 Å². The molecule has 1 saturated carbocycles. The van der Waals surface area contributed by atoms with Crippen LogP contribution in [0.2, 0.25) is 15.1 Å². The predicted molar refractivity (Wildman–Crippen MR) is 147 cm³/mol. The van der Waals surface area contributed by atoms with Crippen molar-refractivity contribution in [3.05, 3.63) is 68.7 Å². The summed E-state index contributed by atoms with van der Waals surface area (Å²) in [6.07, 6.45) is -1.18. The summed E-state index contributed by atoms with van der Waals surface area (Å²) in [6, 6.07) is 10.4. The number of nitrogens with zero attached hydrogens (tertiary/aromatic N) is 1. The Labute approximate surface area is 237 Å². The Kier molecular flexibility index (Phi) is 8.41. The van der Waals surface area contributed by atoms with Crippen LogP contribution >= 0.6 is 34.8 Å². The highest BCUT2D eigenvalue weighted by Gasteiger charge is 2.52. The molecule has 1 aliphatic carbocycles. The van der Waals surface area contributed by atoms with E-state index in [1.165, 1.54) is 0 Å². The first-order valence-corrected chi connectivity index (χ1v) is 15.1. The molecule has 1 amide bonds. The second kappa shape index (κ2) is 11.0. The van der Waals surface area contributed by atoms with Crippen LogP contribution in [-0.2, 0) is 24.2 Å². The summed E-state index contributed by atoms with van der Waals surface area (Å²) in [5.41, 5.74) is 1.26. The van der Waals surface area contributed by atoms with Crippen molar-refractivity contribution in [3.63, 3.8) is 0 Å². The molecule has 4 rings (SSSR count). The second-order valence-electron chi connectivity index (χ2n) is 10.9. The molecule has 2 fully saturated rings. The van der Waals surface area contributed by atoms with Crippen LogP contribution in [0.15, 0.2) is 42.5 Å². The highest BCUT2D eigenvalue weighted by atomic mass is 35.5. The van der Waals surface area contributed by atoms with E-state index < -0.39 is 57.2 Å². The van der Waals surface area contributed by atoms with E-state index in [0.717, 1.165) is 12.8 Å². The van der Waals surface area contributed by atoms with Crippen molar-refractivity contribution in [2.75, 3.05) is 5.75 Å². The number of rotatable bonds is 8. The van der Waals surface area contributed by atoms with Gasteiger partial charge in [0, 0.05) is 11.1 Å². The van der Waals surface area contributed by atoms with Crippen molar-refractivity contribution in [2.24, 2.45) is 5.92 Å². The standard InChI is InChI=1S/C27H30Cl3NO6S/c1-27(2,3)38(35,36)14-21(15-4-5-15)31-24(16-6-9-18(28)10-7-16)25(17-8-11-19(29)20(30)12-17)37-22(26(31)34)13-23(32)33/h6-12,15,21-22,24-25H,4-5,13-14H2,1-3H3,(H,32,33)/t21-,22-,24-,25-/m1/s1. The van der Waals surface area contributed by atoms with Crippen molar-refractivity contribution in [3.8, 4) is 0 Å². The predicted octanol–water partition coefficient (Wildman–Crippen LogP) is 6.12. The Morgan fingerprint density at radius 3 is 2.18 bits per heavy atom. The van der Waals surface area contributed by atoms with Gasteiger partial charge >= 0.3 is 5.97 Å². The molecule has 1 heterocycles. The van der Waals surface area contributed by atoms with E-state index in [1.54, 1.807) is 68.1 Å². The van der Waals surface area contributed by atoms with Gasteiger partial charge in [-0.05, 0) is 74.9 Å². The zero-order valence-electron chi connectivity index (χ0n) is 21.2. The lowest BCUT2D eigenvalue weighted by Gasteiger charge is -2.48. The maximum absolute atomic E-state index is 14.0. The van der Waals surface area contributed by atoms with Crippen LogP contribution in [0.3, 0.4) is 0 Å². The normalized spacial score (nSPS) is 23.4. The molecule has 7 nitrogen and oxygen atoms in total. The van der Waals surface area contributed by atoms with E-state index >= 15 is 0 Å². The molecule has 4 atom stereocenters. The smallest absolute Gasteiger partial charge is 0.306 e. The van der Waals surface area contributed by atoms with Gasteiger partial charge in [-0.2, -0.15) is 0 Å². The fourth-order valence-corrected chi connectivity index (χ4v) is 6.58. The Bertz CT molecular complexity index is 1320. The lowest BCUT2D eigenvalue weighted by molar-refractivity contribution is -0.183. The van der Waals surface area contributed by atoms with E-state index in [-0.39, 0.29) is 16.7 Å². The highest BCUT2D eigenvalue weighted by Crippen LogP contribution is 2.48. The number of hydrogen-bond donors (Lipinski definition) is 1. The van der Waals surface area contributed by atoms with E-state index in [4.69, 9.17) is 39.5 Å². The van der Waals surface area contributed by atoms with Crippen molar-refractivity contribution >= 4 is 56.5 Å². The quantitative estimate of drug-likeness (QED) is 0.391. The largest absolute Gasteiger partial charge is 0.481 e. The molecule has 0 spiro atoms. The third-order valence-electron chi connectivity index (χ3n) is 7.12. The number of carboxylic acid groups (broad SMARTS) is 1. The number of aliphatic carboxylic acids is 1. The summed E-state index contributed by atoms with van der Waals surface area (Å²) in [6.45, 7) is 4.90. The lowest BCUT2D eigenvalue weighted by atomic mass is 9.89. The van der Waals surface area contributed by atoms with Gasteiger partial charge < -0.3 is 14.7 Å². The van der Waals surface area contributed by atoms with Gasteiger partial charge in [0.2, 0.25) is 0 Å². The molecule has 0 aromatic heterocycles. The number of amides is 1. The minimum absolute atomic E-state index is 0.0380. The highest BCUT2D eigenvalue weighted by molar-refractivity contribution is 7.92. The summed E-state index contributed by atoms with van der Waals surface area (Å²) < 4.78 is 32.0. The van der Waals surface area contributed by atoms with Crippen molar-refractivity contribution < 1.29 is 27.9 Å². The summed E-state index contributed by atoms with van der Waals surface area (Å²) in [5, 5.41) is 10.7. The summed E-state index contributed by atoms with van der Waals surface area (Å²) in [4.78, 5) is 27.3. The number of carboxylic acids is 1. The minimum atomic E-state index is -3.63. The SMILES string of the molecule is CC(C)(C)S(=O)(=O)C[C@H](C1CC1)N1C(=O)[C@@H](CC(=O)O)O[C@H](c2ccc(Cl)c(Cl)c2)[C@H]1c1ccc(Cl)cc1. The maximum atomic E-state index is 14.0. The van der Waals surface area contributed by atoms with Gasteiger partial charge in [0.1, 0.15) is 12.2 Å². The fourth-order valence-electron chi connectivity index (χ4n) is 4.77. The first-order valence-electron chi connectivity index (χ1n) is 12.3. The number of carbonyl (C=O) groups excluding carboxylic acids is 1. The summed E-state index contributed by atoms with van der Waals surface area (Å²) in [5.74, 6) is -2.04. The third-order valence-corrected chi connectivity index (χ3v) is 10.8. The number of hydrogen-bond acceptors (Lipinski definition) is 5. The molecule has 1 aliphatic heterocycles. The van der Waals surface area contributed by atoms with Crippen LogP contribution in [0, 0.1) is 5.92 Å². The Morgan fingerprint density at radius 2 is 1.66 bits per heavy atom. The molecule has 38 heavy (non-hydrogen) atoms. The van der Waals surface area contributed by atoms with Crippen LogP contribution in [0.4, 0.5) is 0 Å². The molecule has 2 aliphatic rings. The number of carbonyl (C=O) groups is 2. The molecule has 0 unspecified atom stereocenters. The molecule has 1 N–H and O–H groups in total. The van der Waals surface area contributed by atoms with E-state index in [1.807, 2.05) is 0 Å². The second-order valence-corrected chi connectivity index (χ2v) is 14.9. The van der Waals surface area contributed by atoms with Crippen LogP contribution in [0.25, 0.3) is 0 Å². The Hall–Kier alpha value is -1.84. The molecule has 2 aromatic carbocycles. The number of benzene rings is 2. The molecular formula is C27H30Cl3NO6S. The molecule has 11 heteroatoms. The van der Waals surface area contributed by atoms with Crippen LogP contribution in [0.5, 0.6) is 0 Å². The summed E-state index contributed by atoms with van der Waals surface area (Å²) in [7, 11) is -3.63. The number of morpholine rings is 1. The monoisotopic (exact) mass is 601 g/mol. The summed E-state index contributed by atoms with van der Waals surface area (Å²) >= 11 is 18.7. The van der Waals surface area contributed by atoms with E-state index in [2.05, 4.69) is 0 Å². The number of sulfone groups is 1. The first kappa shape index (κ1) is 29.2. The molecule has 0 radical (unpaired) electrons. The van der Waals surface area contributed by atoms with Crippen LogP contribution < -0.4 is 0 Å². The Morgan fingerprint density at radius 1 is 1.05 bits per heavy atom. The number of halogens is 3. The zero-order valence-corrected chi connectivity index (χ0v) is 24.3.